The Morgan fingerprint density at radius 2 is 1.93 bits per heavy atom. The zero-order valence-corrected chi connectivity index (χ0v) is 19.1. The lowest BCUT2D eigenvalue weighted by Gasteiger charge is -2.31. The fourth-order valence-electron chi connectivity index (χ4n) is 4.40. The Bertz CT molecular complexity index is 861. The van der Waals surface area contributed by atoms with Crippen LogP contribution in [0.4, 0.5) is 0 Å². The van der Waals surface area contributed by atoms with Gasteiger partial charge in [0.25, 0.3) is 0 Å². The van der Waals surface area contributed by atoms with Gasteiger partial charge in [0.2, 0.25) is 5.91 Å². The molecule has 2 atom stereocenters. The molecule has 2 aromatic carbocycles. The molecule has 1 aliphatic rings. The number of fused-ring (bicyclic) bond motifs is 1. The molecule has 0 bridgehead atoms. The topological polar surface area (TPSA) is 41.6 Å². The van der Waals surface area contributed by atoms with Crippen LogP contribution in [0.25, 0.3) is 0 Å². The van der Waals surface area contributed by atoms with Gasteiger partial charge in [0.15, 0.2) is 0 Å². The maximum atomic E-state index is 12.8. The predicted octanol–water partition coefficient (Wildman–Crippen LogP) is 4.30. The van der Waals surface area contributed by atoms with Crippen LogP contribution in [0.1, 0.15) is 41.2 Å². The number of hydrogen-bond donors (Lipinski definition) is 1. The highest BCUT2D eigenvalue weighted by Crippen LogP contribution is 2.37. The summed E-state index contributed by atoms with van der Waals surface area (Å²) in [5, 5.41) is 3.13. The standard InChI is InChI=1S/C26H36N2O2/c1-18-15-25(30-14-13-28(4)5)20(3)24-16-22(11-12-23(18)24)19(2)26(29)27-17-21-9-7-6-8-10-21/h6-10,15,19,22H,11-14,16-17H2,1-5H3,(H,27,29)/t19-,22+/m0/s1. The first-order valence-corrected chi connectivity index (χ1v) is 11.1. The molecule has 4 heteroatoms. The number of likely N-dealkylation sites (N-methyl/N-ethyl adjacent to an activating group) is 1. The molecule has 0 aliphatic heterocycles. The Kier molecular flexibility index (Phi) is 7.54. The van der Waals surface area contributed by atoms with Gasteiger partial charge < -0.3 is 15.0 Å². The molecule has 3 rings (SSSR count). The van der Waals surface area contributed by atoms with Crippen molar-refractivity contribution in [3.8, 4) is 5.75 Å². The maximum absolute atomic E-state index is 12.8. The second-order valence-corrected chi connectivity index (χ2v) is 8.92. The van der Waals surface area contributed by atoms with Crippen LogP contribution in [0.15, 0.2) is 36.4 Å². The second-order valence-electron chi connectivity index (χ2n) is 8.92. The third-order valence-corrected chi connectivity index (χ3v) is 6.47. The predicted molar refractivity (Wildman–Crippen MR) is 123 cm³/mol. The Hall–Kier alpha value is -2.33. The van der Waals surface area contributed by atoms with E-state index in [1.54, 1.807) is 0 Å². The van der Waals surface area contributed by atoms with E-state index in [0.717, 1.165) is 37.1 Å². The minimum Gasteiger partial charge on any atom is -0.492 e. The third kappa shape index (κ3) is 5.42. The molecule has 2 aromatic rings. The van der Waals surface area contributed by atoms with Gasteiger partial charge in [-0.15, -0.1) is 0 Å². The number of carbonyl (C=O) groups excluding carboxylic acids is 1. The van der Waals surface area contributed by atoms with Gasteiger partial charge in [-0.2, -0.15) is 0 Å². The van der Waals surface area contributed by atoms with E-state index in [1.165, 1.54) is 22.3 Å². The highest BCUT2D eigenvalue weighted by molar-refractivity contribution is 5.78. The van der Waals surface area contributed by atoms with Gasteiger partial charge in [-0.25, -0.2) is 0 Å². The highest BCUT2D eigenvalue weighted by atomic mass is 16.5. The van der Waals surface area contributed by atoms with Gasteiger partial charge in [-0.05, 0) is 87.0 Å². The van der Waals surface area contributed by atoms with Crippen LogP contribution in [-0.4, -0.2) is 38.1 Å². The molecule has 0 heterocycles. The number of rotatable bonds is 8. The summed E-state index contributed by atoms with van der Waals surface area (Å²) < 4.78 is 6.10. The van der Waals surface area contributed by atoms with Crippen molar-refractivity contribution in [3.63, 3.8) is 0 Å². The maximum Gasteiger partial charge on any atom is 0.223 e. The summed E-state index contributed by atoms with van der Waals surface area (Å²) in [6.07, 6.45) is 3.06. The van der Waals surface area contributed by atoms with E-state index >= 15 is 0 Å². The molecule has 4 nitrogen and oxygen atoms in total. The quantitative estimate of drug-likeness (QED) is 0.708. The van der Waals surface area contributed by atoms with Gasteiger partial charge in [0, 0.05) is 19.0 Å². The lowest BCUT2D eigenvalue weighted by molar-refractivity contribution is -0.126. The van der Waals surface area contributed by atoms with Crippen LogP contribution in [0.5, 0.6) is 5.75 Å². The first-order valence-electron chi connectivity index (χ1n) is 11.1. The van der Waals surface area contributed by atoms with Crippen molar-refractivity contribution in [2.75, 3.05) is 27.2 Å². The van der Waals surface area contributed by atoms with Gasteiger partial charge >= 0.3 is 0 Å². The molecule has 0 unspecified atom stereocenters. The summed E-state index contributed by atoms with van der Waals surface area (Å²) >= 11 is 0. The van der Waals surface area contributed by atoms with Gasteiger partial charge in [-0.1, -0.05) is 37.3 Å². The fraction of sp³-hybridized carbons (Fsp3) is 0.500. The molecule has 30 heavy (non-hydrogen) atoms. The summed E-state index contributed by atoms with van der Waals surface area (Å²) in [6.45, 7) is 8.62. The SMILES string of the molecule is Cc1cc(OCCN(C)C)c(C)c2c1CC[C@@H]([C@H](C)C(=O)NCc1ccccc1)C2. The van der Waals surface area contributed by atoms with Crippen molar-refractivity contribution in [3.05, 3.63) is 64.2 Å². The second kappa shape index (κ2) is 10.1. The summed E-state index contributed by atoms with van der Waals surface area (Å²) in [4.78, 5) is 14.9. The molecule has 0 saturated carbocycles. The largest absolute Gasteiger partial charge is 0.492 e. The zero-order valence-electron chi connectivity index (χ0n) is 19.1. The third-order valence-electron chi connectivity index (χ3n) is 6.47. The number of benzene rings is 2. The Morgan fingerprint density at radius 1 is 1.20 bits per heavy atom. The smallest absolute Gasteiger partial charge is 0.223 e. The number of amides is 1. The number of nitrogens with one attached hydrogen (secondary N) is 1. The van der Waals surface area contributed by atoms with Gasteiger partial charge in [-0.3, -0.25) is 4.79 Å². The first kappa shape index (κ1) is 22.4. The van der Waals surface area contributed by atoms with E-state index < -0.39 is 0 Å². The fourth-order valence-corrected chi connectivity index (χ4v) is 4.40. The Labute approximate surface area is 181 Å². The number of carbonyl (C=O) groups is 1. The summed E-state index contributed by atoms with van der Waals surface area (Å²) in [6, 6.07) is 12.3. The lowest BCUT2D eigenvalue weighted by atomic mass is 9.74. The number of ether oxygens (including phenoxy) is 1. The molecular weight excluding hydrogens is 372 g/mol. The highest BCUT2D eigenvalue weighted by Gasteiger charge is 2.30. The van der Waals surface area contributed by atoms with Crippen LogP contribution < -0.4 is 10.1 Å². The van der Waals surface area contributed by atoms with Crippen LogP contribution in [0, 0.1) is 25.7 Å². The van der Waals surface area contributed by atoms with E-state index in [1.807, 2.05) is 30.3 Å². The molecule has 1 aliphatic carbocycles. The molecule has 1 N–H and O–H groups in total. The normalized spacial score (nSPS) is 16.8. The first-order chi connectivity index (χ1) is 14.4. The van der Waals surface area contributed by atoms with Crippen molar-refractivity contribution in [2.24, 2.45) is 11.8 Å². The van der Waals surface area contributed by atoms with Crippen LogP contribution >= 0.6 is 0 Å². The molecule has 0 spiro atoms. The lowest BCUT2D eigenvalue weighted by Crippen LogP contribution is -2.35. The van der Waals surface area contributed by atoms with Crippen molar-refractivity contribution < 1.29 is 9.53 Å². The zero-order chi connectivity index (χ0) is 21.7. The monoisotopic (exact) mass is 408 g/mol. The van der Waals surface area contributed by atoms with E-state index in [-0.39, 0.29) is 11.8 Å². The molecule has 0 radical (unpaired) electrons. The van der Waals surface area contributed by atoms with Gasteiger partial charge in [0.1, 0.15) is 12.4 Å². The average molecular weight is 409 g/mol. The molecule has 0 fully saturated rings. The van der Waals surface area contributed by atoms with Gasteiger partial charge in [0.05, 0.1) is 0 Å². The molecule has 0 aromatic heterocycles. The van der Waals surface area contributed by atoms with Crippen molar-refractivity contribution >= 4 is 5.91 Å². The number of hydrogen-bond acceptors (Lipinski definition) is 3. The van der Waals surface area contributed by atoms with Crippen LogP contribution in [0.2, 0.25) is 0 Å². The van der Waals surface area contributed by atoms with Crippen molar-refractivity contribution in [1.82, 2.24) is 10.2 Å². The molecule has 162 valence electrons. The summed E-state index contributed by atoms with van der Waals surface area (Å²) in [5.74, 6) is 1.51. The minimum absolute atomic E-state index is 0.000108. The molecular formula is C26H36N2O2. The molecule has 0 saturated heterocycles. The number of nitrogens with zero attached hydrogens (tertiary/aromatic N) is 1. The Morgan fingerprint density at radius 3 is 2.63 bits per heavy atom. The van der Waals surface area contributed by atoms with E-state index in [4.69, 9.17) is 4.74 Å². The Balaban J connectivity index is 1.67. The summed E-state index contributed by atoms with van der Waals surface area (Å²) in [7, 11) is 4.12. The molecule has 1 amide bonds. The average Bonchev–Trinajstić information content (AvgIpc) is 2.75. The number of aryl methyl sites for hydroxylation is 1. The van der Waals surface area contributed by atoms with E-state index in [0.29, 0.717) is 19.1 Å². The van der Waals surface area contributed by atoms with E-state index in [9.17, 15) is 4.79 Å². The van der Waals surface area contributed by atoms with Crippen molar-refractivity contribution in [2.45, 2.75) is 46.6 Å². The van der Waals surface area contributed by atoms with E-state index in [2.05, 4.69) is 51.1 Å². The van der Waals surface area contributed by atoms with Crippen molar-refractivity contribution in [1.29, 1.82) is 0 Å². The summed E-state index contributed by atoms with van der Waals surface area (Å²) in [5.41, 5.74) is 6.55. The minimum atomic E-state index is -0.000108. The van der Waals surface area contributed by atoms with Crippen LogP contribution in [0.3, 0.4) is 0 Å². The van der Waals surface area contributed by atoms with Crippen LogP contribution in [-0.2, 0) is 24.2 Å².